The van der Waals surface area contributed by atoms with Crippen molar-refractivity contribution in [2.45, 2.75) is 26.4 Å². The highest BCUT2D eigenvalue weighted by Crippen LogP contribution is 2.44. The SMILES string of the molecule is CC1(C)C=CC=C(c2c3cc4ccccc4cc3c(C3=CC=CC(C)(F)C=C3)c3cc4ccccc4cc23)C=C1. The molecule has 0 spiro atoms. The minimum Gasteiger partial charge on any atom is -0.235 e. The van der Waals surface area contributed by atoms with Crippen LogP contribution in [0.15, 0.2) is 134 Å². The number of rotatable bonds is 2. The highest BCUT2D eigenvalue weighted by molar-refractivity contribution is 6.22. The van der Waals surface area contributed by atoms with Gasteiger partial charge in [0.25, 0.3) is 0 Å². The molecule has 0 amide bonds. The molecule has 1 atom stereocenters. The minimum absolute atomic E-state index is 0.0233. The summed E-state index contributed by atoms with van der Waals surface area (Å²) in [4.78, 5) is 0. The number of alkyl halides is 1. The summed E-state index contributed by atoms with van der Waals surface area (Å²) in [6, 6.07) is 26.4. The Morgan fingerprint density at radius 1 is 0.500 bits per heavy atom. The monoisotopic (exact) mass is 518 g/mol. The van der Waals surface area contributed by atoms with Gasteiger partial charge in [0.05, 0.1) is 0 Å². The van der Waals surface area contributed by atoms with E-state index in [-0.39, 0.29) is 5.41 Å². The summed E-state index contributed by atoms with van der Waals surface area (Å²) in [5, 5.41) is 9.54. The lowest BCUT2D eigenvalue weighted by Gasteiger charge is -2.20. The van der Waals surface area contributed by atoms with Crippen molar-refractivity contribution in [1.82, 2.24) is 0 Å². The van der Waals surface area contributed by atoms with E-state index in [4.69, 9.17) is 0 Å². The zero-order chi connectivity index (χ0) is 27.5. The van der Waals surface area contributed by atoms with Crippen LogP contribution in [0.1, 0.15) is 31.9 Å². The van der Waals surface area contributed by atoms with Crippen molar-refractivity contribution < 1.29 is 4.39 Å². The Morgan fingerprint density at radius 3 is 1.35 bits per heavy atom. The summed E-state index contributed by atoms with van der Waals surface area (Å²) >= 11 is 0. The van der Waals surface area contributed by atoms with Gasteiger partial charge in [-0.1, -0.05) is 111 Å². The molecular formula is C39H31F. The van der Waals surface area contributed by atoms with Crippen LogP contribution in [0, 0.1) is 5.41 Å². The van der Waals surface area contributed by atoms with Gasteiger partial charge in [-0.05, 0) is 109 Å². The van der Waals surface area contributed by atoms with E-state index < -0.39 is 5.67 Å². The molecule has 40 heavy (non-hydrogen) atoms. The lowest BCUT2D eigenvalue weighted by Crippen LogP contribution is -2.08. The number of hydrogen-bond donors (Lipinski definition) is 0. The van der Waals surface area contributed by atoms with Crippen LogP contribution < -0.4 is 0 Å². The standard InChI is InChI=1S/C39H31F/c1-38(2)18-8-14-26(16-20-38)36-32-22-28-10-4-6-12-30(28)24-34(32)37(27-15-9-19-39(3,40)21-17-27)35-25-31-13-7-5-11-29(31)23-33(35)36/h4-25H,1-3H3. The van der Waals surface area contributed by atoms with E-state index in [1.54, 1.807) is 19.1 Å². The van der Waals surface area contributed by atoms with Crippen LogP contribution in [0.3, 0.4) is 0 Å². The van der Waals surface area contributed by atoms with Gasteiger partial charge in [-0.15, -0.1) is 0 Å². The molecule has 0 aliphatic heterocycles. The lowest BCUT2D eigenvalue weighted by molar-refractivity contribution is 0.328. The van der Waals surface area contributed by atoms with Crippen LogP contribution in [-0.2, 0) is 0 Å². The third-order valence-corrected chi connectivity index (χ3v) is 8.21. The van der Waals surface area contributed by atoms with E-state index in [9.17, 15) is 0 Å². The number of hydrogen-bond acceptors (Lipinski definition) is 0. The molecule has 2 aliphatic carbocycles. The average molecular weight is 519 g/mol. The first-order valence-corrected chi connectivity index (χ1v) is 14.0. The zero-order valence-electron chi connectivity index (χ0n) is 23.1. The van der Waals surface area contributed by atoms with Crippen LogP contribution in [0.5, 0.6) is 0 Å². The Hall–Kier alpha value is -4.49. The predicted molar refractivity (Wildman–Crippen MR) is 172 cm³/mol. The number of halogens is 1. The van der Waals surface area contributed by atoms with Crippen LogP contribution >= 0.6 is 0 Å². The quantitative estimate of drug-likeness (QED) is 0.204. The molecular weight excluding hydrogens is 487 g/mol. The summed E-state index contributed by atoms with van der Waals surface area (Å²) in [6.07, 6.45) is 20.4. The van der Waals surface area contributed by atoms with E-state index in [0.717, 1.165) is 11.1 Å². The Bertz CT molecular complexity index is 1790. The Morgan fingerprint density at radius 2 is 0.900 bits per heavy atom. The highest BCUT2D eigenvalue weighted by Gasteiger charge is 2.22. The molecule has 0 saturated carbocycles. The summed E-state index contributed by atoms with van der Waals surface area (Å²) in [5.74, 6) is 0. The van der Waals surface area contributed by atoms with E-state index in [0.29, 0.717) is 0 Å². The van der Waals surface area contributed by atoms with Gasteiger partial charge in [0.2, 0.25) is 0 Å². The van der Waals surface area contributed by atoms with Crippen molar-refractivity contribution in [3.63, 3.8) is 0 Å². The molecule has 0 radical (unpaired) electrons. The zero-order valence-corrected chi connectivity index (χ0v) is 23.1. The van der Waals surface area contributed by atoms with Crippen molar-refractivity contribution in [3.05, 3.63) is 145 Å². The second-order valence-electron chi connectivity index (χ2n) is 11.8. The molecule has 5 aromatic carbocycles. The van der Waals surface area contributed by atoms with Crippen molar-refractivity contribution in [2.24, 2.45) is 5.41 Å². The number of allylic oxidation sites excluding steroid dienone is 12. The Kier molecular flexibility index (Phi) is 5.54. The van der Waals surface area contributed by atoms with E-state index in [2.05, 4.69) is 123 Å². The van der Waals surface area contributed by atoms with Crippen LogP contribution in [0.25, 0.3) is 54.2 Å². The molecule has 7 rings (SSSR count). The lowest BCUT2D eigenvalue weighted by atomic mass is 9.83. The molecule has 0 aromatic heterocycles. The summed E-state index contributed by atoms with van der Waals surface area (Å²) in [7, 11) is 0. The van der Waals surface area contributed by atoms with Gasteiger partial charge in [0.15, 0.2) is 0 Å². The van der Waals surface area contributed by atoms with Crippen molar-refractivity contribution in [1.29, 1.82) is 0 Å². The number of benzene rings is 5. The molecule has 0 N–H and O–H groups in total. The largest absolute Gasteiger partial charge is 0.235 e. The van der Waals surface area contributed by atoms with Gasteiger partial charge in [0, 0.05) is 5.41 Å². The highest BCUT2D eigenvalue weighted by atomic mass is 19.1. The van der Waals surface area contributed by atoms with Gasteiger partial charge in [0.1, 0.15) is 5.67 Å². The third kappa shape index (κ3) is 4.23. The first-order valence-electron chi connectivity index (χ1n) is 14.0. The van der Waals surface area contributed by atoms with Crippen LogP contribution in [0.2, 0.25) is 0 Å². The molecule has 0 fully saturated rings. The second kappa shape index (κ2) is 9.03. The smallest absolute Gasteiger partial charge is 0.145 e. The molecule has 0 saturated heterocycles. The predicted octanol–water partition coefficient (Wildman–Crippen LogP) is 11.1. The van der Waals surface area contributed by atoms with Crippen molar-refractivity contribution in [2.75, 3.05) is 0 Å². The molecule has 2 aliphatic rings. The third-order valence-electron chi connectivity index (χ3n) is 8.21. The number of fused-ring (bicyclic) bond motifs is 4. The van der Waals surface area contributed by atoms with Gasteiger partial charge < -0.3 is 0 Å². The molecule has 0 bridgehead atoms. The Labute approximate surface area is 234 Å². The summed E-state index contributed by atoms with van der Waals surface area (Å²) in [6.45, 7) is 6.05. The fourth-order valence-electron chi connectivity index (χ4n) is 6.07. The molecule has 0 heterocycles. The first-order chi connectivity index (χ1) is 19.3. The molecule has 194 valence electrons. The van der Waals surface area contributed by atoms with Gasteiger partial charge in [-0.3, -0.25) is 0 Å². The van der Waals surface area contributed by atoms with Gasteiger partial charge >= 0.3 is 0 Å². The fourth-order valence-corrected chi connectivity index (χ4v) is 6.07. The second-order valence-corrected chi connectivity index (χ2v) is 11.8. The van der Waals surface area contributed by atoms with E-state index in [1.807, 2.05) is 12.2 Å². The van der Waals surface area contributed by atoms with E-state index in [1.165, 1.54) is 54.2 Å². The van der Waals surface area contributed by atoms with E-state index >= 15 is 4.39 Å². The van der Waals surface area contributed by atoms with Crippen molar-refractivity contribution in [3.8, 4) is 0 Å². The minimum atomic E-state index is -1.49. The van der Waals surface area contributed by atoms with Gasteiger partial charge in [-0.2, -0.15) is 0 Å². The van der Waals surface area contributed by atoms with Crippen LogP contribution in [0.4, 0.5) is 4.39 Å². The van der Waals surface area contributed by atoms with Crippen molar-refractivity contribution >= 4 is 54.2 Å². The maximum atomic E-state index is 15.0. The topological polar surface area (TPSA) is 0 Å². The molecule has 0 nitrogen and oxygen atoms in total. The maximum Gasteiger partial charge on any atom is 0.145 e. The molecule has 5 aromatic rings. The first kappa shape index (κ1) is 24.5. The summed E-state index contributed by atoms with van der Waals surface area (Å²) < 4.78 is 15.0. The average Bonchev–Trinajstić information content (AvgIpc) is 3.23. The maximum absolute atomic E-state index is 15.0. The fraction of sp³-hybridized carbons (Fsp3) is 0.128. The van der Waals surface area contributed by atoms with Gasteiger partial charge in [-0.25, -0.2) is 4.39 Å². The van der Waals surface area contributed by atoms with Crippen LogP contribution in [-0.4, -0.2) is 5.67 Å². The molecule has 1 heteroatoms. The Balaban J connectivity index is 1.69. The normalized spacial score (nSPS) is 20.2. The molecule has 1 unspecified atom stereocenters. The summed E-state index contributed by atoms with van der Waals surface area (Å²) in [5.41, 5.74) is 3.06.